The van der Waals surface area contributed by atoms with Gasteiger partial charge in [-0.3, -0.25) is 4.79 Å². The first-order valence-electron chi connectivity index (χ1n) is 12.2. The lowest BCUT2D eigenvalue weighted by Gasteiger charge is -2.29. The number of rotatable bonds is 11. The monoisotopic (exact) mass is 474 g/mol. The van der Waals surface area contributed by atoms with Crippen molar-refractivity contribution in [2.45, 2.75) is 31.4 Å². The van der Waals surface area contributed by atoms with E-state index < -0.39 is 12.1 Å². The van der Waals surface area contributed by atoms with Crippen LogP contribution in [0.1, 0.15) is 30.9 Å². The van der Waals surface area contributed by atoms with Gasteiger partial charge in [0.2, 0.25) is 5.91 Å². The first-order valence-corrected chi connectivity index (χ1v) is 12.2. The highest BCUT2D eigenvalue weighted by Gasteiger charge is 2.26. The second-order valence-electron chi connectivity index (χ2n) is 8.89. The van der Waals surface area contributed by atoms with Crippen LogP contribution in [0.15, 0.2) is 78.9 Å². The van der Waals surface area contributed by atoms with E-state index in [1.165, 1.54) is 0 Å². The normalized spacial score (nSPS) is 15.4. The summed E-state index contributed by atoms with van der Waals surface area (Å²) in [5, 5.41) is 14.3. The molecule has 0 aliphatic carbocycles. The number of nitrogens with one attached hydrogen (secondary N) is 1. The topological polar surface area (TPSA) is 71.0 Å². The third-order valence-corrected chi connectivity index (χ3v) is 6.40. The molecule has 0 aromatic heterocycles. The van der Waals surface area contributed by atoms with Crippen molar-refractivity contribution in [2.75, 3.05) is 33.4 Å². The molecule has 184 valence electrons. The highest BCUT2D eigenvalue weighted by Crippen LogP contribution is 2.24. The molecule has 35 heavy (non-hydrogen) atoms. The Morgan fingerprint density at radius 3 is 2.20 bits per heavy atom. The van der Waals surface area contributed by atoms with Crippen molar-refractivity contribution < 1.29 is 19.4 Å². The average molecular weight is 475 g/mol. The number of carbonyl (C=O) groups is 1. The fourth-order valence-electron chi connectivity index (χ4n) is 4.42. The second kappa shape index (κ2) is 12.4. The minimum atomic E-state index is -0.799. The summed E-state index contributed by atoms with van der Waals surface area (Å²) in [6.07, 6.45) is 1.71. The van der Waals surface area contributed by atoms with E-state index in [0.29, 0.717) is 12.3 Å². The Kier molecular flexibility index (Phi) is 8.76. The zero-order valence-corrected chi connectivity index (χ0v) is 20.2. The van der Waals surface area contributed by atoms with Crippen LogP contribution in [0.5, 0.6) is 11.5 Å². The molecule has 1 saturated heterocycles. The van der Waals surface area contributed by atoms with E-state index in [9.17, 15) is 9.90 Å². The molecule has 1 aliphatic heterocycles. The number of aliphatic hydroxyl groups is 1. The van der Waals surface area contributed by atoms with Crippen molar-refractivity contribution in [3.63, 3.8) is 0 Å². The standard InChI is InChI=1S/C29H34N2O4/c1-34-25-13-15-26(16-14-25)35-20-17-28(32)30-27(21-31-18-5-6-19-31)29(33)24-11-9-23(10-12-24)22-7-3-2-4-8-22/h2-4,7-16,27,29,33H,5-6,17-21H2,1H3,(H,30,32)/t27-,29-/m1/s1. The first-order chi connectivity index (χ1) is 17.1. The molecule has 2 N–H and O–H groups in total. The number of ether oxygens (including phenoxy) is 2. The van der Waals surface area contributed by atoms with Crippen molar-refractivity contribution in [3.8, 4) is 22.6 Å². The summed E-state index contributed by atoms with van der Waals surface area (Å²) >= 11 is 0. The molecule has 6 nitrogen and oxygen atoms in total. The number of hydrogen-bond donors (Lipinski definition) is 2. The molecule has 2 atom stereocenters. The van der Waals surface area contributed by atoms with Crippen molar-refractivity contribution in [3.05, 3.63) is 84.4 Å². The summed E-state index contributed by atoms with van der Waals surface area (Å²) in [4.78, 5) is 15.1. The summed E-state index contributed by atoms with van der Waals surface area (Å²) in [6.45, 7) is 2.86. The van der Waals surface area contributed by atoms with Crippen LogP contribution >= 0.6 is 0 Å². The van der Waals surface area contributed by atoms with Crippen LogP contribution in [0.25, 0.3) is 11.1 Å². The number of amides is 1. The van der Waals surface area contributed by atoms with Crippen molar-refractivity contribution in [1.29, 1.82) is 0 Å². The molecule has 3 aromatic carbocycles. The predicted molar refractivity (Wildman–Crippen MR) is 138 cm³/mol. The van der Waals surface area contributed by atoms with Crippen LogP contribution in [-0.4, -0.2) is 55.3 Å². The Morgan fingerprint density at radius 2 is 1.54 bits per heavy atom. The fraction of sp³-hybridized carbons (Fsp3) is 0.345. The van der Waals surface area contributed by atoms with Gasteiger partial charge in [0.1, 0.15) is 17.6 Å². The quantitative estimate of drug-likeness (QED) is 0.430. The SMILES string of the molecule is COc1ccc(OCCC(=O)N[C@H](CN2CCCC2)[C@H](O)c2ccc(-c3ccccc3)cc2)cc1. The number of likely N-dealkylation sites (tertiary alicyclic amines) is 1. The average Bonchev–Trinajstić information content (AvgIpc) is 3.42. The van der Waals surface area contributed by atoms with Crippen LogP contribution < -0.4 is 14.8 Å². The third kappa shape index (κ3) is 7.07. The Bertz CT molecular complexity index is 1050. The fourth-order valence-corrected chi connectivity index (χ4v) is 4.42. The molecule has 3 aromatic rings. The largest absolute Gasteiger partial charge is 0.497 e. The molecule has 0 spiro atoms. The molecule has 4 rings (SSSR count). The summed E-state index contributed by atoms with van der Waals surface area (Å²) < 4.78 is 10.9. The Morgan fingerprint density at radius 1 is 0.914 bits per heavy atom. The van der Waals surface area contributed by atoms with Gasteiger partial charge in [0, 0.05) is 6.54 Å². The summed E-state index contributed by atoms with van der Waals surface area (Å²) in [6, 6.07) is 25.0. The maximum absolute atomic E-state index is 12.8. The van der Waals surface area contributed by atoms with Gasteiger partial charge < -0.3 is 24.8 Å². The maximum Gasteiger partial charge on any atom is 0.223 e. The highest BCUT2D eigenvalue weighted by atomic mass is 16.5. The lowest BCUT2D eigenvalue weighted by atomic mass is 9.98. The molecule has 1 amide bonds. The van der Waals surface area contributed by atoms with E-state index in [-0.39, 0.29) is 18.9 Å². The molecule has 0 unspecified atom stereocenters. The molecule has 1 fully saturated rings. The lowest BCUT2D eigenvalue weighted by Crippen LogP contribution is -2.47. The number of carbonyl (C=O) groups excluding carboxylic acids is 1. The van der Waals surface area contributed by atoms with Crippen molar-refractivity contribution in [2.24, 2.45) is 0 Å². The minimum Gasteiger partial charge on any atom is -0.497 e. The van der Waals surface area contributed by atoms with Gasteiger partial charge >= 0.3 is 0 Å². The molecular formula is C29H34N2O4. The van der Waals surface area contributed by atoms with Crippen LogP contribution in [-0.2, 0) is 4.79 Å². The maximum atomic E-state index is 12.8. The van der Waals surface area contributed by atoms with Gasteiger partial charge in [-0.15, -0.1) is 0 Å². The van der Waals surface area contributed by atoms with Crippen LogP contribution in [0.2, 0.25) is 0 Å². The zero-order chi connectivity index (χ0) is 24.5. The second-order valence-corrected chi connectivity index (χ2v) is 8.89. The third-order valence-electron chi connectivity index (χ3n) is 6.40. The van der Waals surface area contributed by atoms with Crippen LogP contribution in [0, 0.1) is 0 Å². The van der Waals surface area contributed by atoms with Gasteiger partial charge in [-0.1, -0.05) is 54.6 Å². The van der Waals surface area contributed by atoms with Gasteiger partial charge in [0.15, 0.2) is 0 Å². The van der Waals surface area contributed by atoms with Gasteiger partial charge in [0.05, 0.1) is 26.2 Å². The number of hydrogen-bond acceptors (Lipinski definition) is 5. The first kappa shape index (κ1) is 24.8. The highest BCUT2D eigenvalue weighted by molar-refractivity contribution is 5.76. The molecule has 0 saturated carbocycles. The molecule has 0 bridgehead atoms. The number of benzene rings is 3. The minimum absolute atomic E-state index is 0.136. The number of nitrogens with zero attached hydrogens (tertiary/aromatic N) is 1. The van der Waals surface area contributed by atoms with Crippen LogP contribution in [0.4, 0.5) is 0 Å². The van der Waals surface area contributed by atoms with E-state index in [2.05, 4.69) is 22.3 Å². The van der Waals surface area contributed by atoms with E-state index in [4.69, 9.17) is 9.47 Å². The summed E-state index contributed by atoms with van der Waals surface area (Å²) in [7, 11) is 1.62. The molecule has 6 heteroatoms. The Balaban J connectivity index is 1.36. The molecule has 1 heterocycles. The van der Waals surface area contributed by atoms with Gasteiger partial charge in [-0.25, -0.2) is 0 Å². The van der Waals surface area contributed by atoms with Crippen molar-refractivity contribution >= 4 is 5.91 Å². The predicted octanol–water partition coefficient (Wildman–Crippen LogP) is 4.45. The summed E-state index contributed by atoms with van der Waals surface area (Å²) in [5.74, 6) is 1.30. The van der Waals surface area contributed by atoms with Crippen LogP contribution in [0.3, 0.4) is 0 Å². The summed E-state index contributed by atoms with van der Waals surface area (Å²) in [5.41, 5.74) is 3.02. The van der Waals surface area contributed by atoms with Gasteiger partial charge in [-0.2, -0.15) is 0 Å². The lowest BCUT2D eigenvalue weighted by molar-refractivity contribution is -0.123. The Hall–Kier alpha value is -3.35. The molecule has 0 radical (unpaired) electrons. The molecule has 1 aliphatic rings. The van der Waals surface area contributed by atoms with E-state index >= 15 is 0 Å². The smallest absolute Gasteiger partial charge is 0.223 e. The van der Waals surface area contributed by atoms with E-state index in [1.807, 2.05) is 66.7 Å². The van der Waals surface area contributed by atoms with E-state index in [1.54, 1.807) is 7.11 Å². The van der Waals surface area contributed by atoms with E-state index in [0.717, 1.165) is 48.4 Å². The number of aliphatic hydroxyl groups excluding tert-OH is 1. The zero-order valence-electron chi connectivity index (χ0n) is 20.2. The van der Waals surface area contributed by atoms with Gasteiger partial charge in [0.25, 0.3) is 0 Å². The van der Waals surface area contributed by atoms with Gasteiger partial charge in [-0.05, 0) is 66.9 Å². The molecular weight excluding hydrogens is 440 g/mol. The van der Waals surface area contributed by atoms with Crippen molar-refractivity contribution in [1.82, 2.24) is 10.2 Å². The number of methoxy groups -OCH3 is 1. The Labute approximate surface area is 207 Å².